The molecule has 1 aromatic rings. The predicted molar refractivity (Wildman–Crippen MR) is 66.9 cm³/mol. The minimum atomic E-state index is -0.378. The van der Waals surface area contributed by atoms with Crippen molar-refractivity contribution in [3.63, 3.8) is 0 Å². The van der Waals surface area contributed by atoms with Crippen molar-refractivity contribution in [3.8, 4) is 5.75 Å². The number of aryl methyl sites for hydroxylation is 1. The number of Topliss-reactive ketones (excluding diaryl/α,β-unsaturated/α-hetero) is 1. The third kappa shape index (κ3) is 3.55. The highest BCUT2D eigenvalue weighted by Gasteiger charge is 2.21. The molecule has 1 aromatic carbocycles. The lowest BCUT2D eigenvalue weighted by Crippen LogP contribution is -2.35. The molecule has 1 heterocycles. The Bertz CT molecular complexity index is 379. The molecule has 4 nitrogen and oxygen atoms in total. The molecule has 1 fully saturated rings. The molecular weight excluding hydrogens is 232 g/mol. The van der Waals surface area contributed by atoms with Crippen LogP contribution in [-0.2, 0) is 20.7 Å². The number of carbonyl (C=O) groups is 1. The Morgan fingerprint density at radius 3 is 2.72 bits per heavy atom. The first-order valence-electron chi connectivity index (χ1n) is 6.14. The fourth-order valence-electron chi connectivity index (χ4n) is 1.89. The molecule has 1 aliphatic heterocycles. The van der Waals surface area contributed by atoms with E-state index in [-0.39, 0.29) is 11.9 Å². The first-order valence-corrected chi connectivity index (χ1v) is 6.14. The fraction of sp³-hybridized carbons (Fsp3) is 0.500. The van der Waals surface area contributed by atoms with Crippen LogP contribution in [0.3, 0.4) is 0 Å². The van der Waals surface area contributed by atoms with E-state index in [1.807, 2.05) is 24.3 Å². The van der Waals surface area contributed by atoms with Gasteiger partial charge in [-0.3, -0.25) is 4.79 Å². The van der Waals surface area contributed by atoms with Crippen molar-refractivity contribution in [2.24, 2.45) is 0 Å². The maximum absolute atomic E-state index is 11.9. The number of benzene rings is 1. The van der Waals surface area contributed by atoms with E-state index in [1.165, 1.54) is 0 Å². The van der Waals surface area contributed by atoms with Crippen LogP contribution in [-0.4, -0.2) is 38.8 Å². The smallest absolute Gasteiger partial charge is 0.164 e. The number of ketones is 1. The van der Waals surface area contributed by atoms with Gasteiger partial charge in [0.05, 0.1) is 26.9 Å². The molecular formula is C14H18O4. The van der Waals surface area contributed by atoms with Crippen LogP contribution in [0.2, 0.25) is 0 Å². The van der Waals surface area contributed by atoms with Gasteiger partial charge in [-0.05, 0) is 24.1 Å². The number of hydrogen-bond donors (Lipinski definition) is 0. The van der Waals surface area contributed by atoms with Crippen molar-refractivity contribution >= 4 is 5.78 Å². The van der Waals surface area contributed by atoms with E-state index in [1.54, 1.807) is 7.11 Å². The highest BCUT2D eigenvalue weighted by atomic mass is 16.6. The van der Waals surface area contributed by atoms with Gasteiger partial charge in [-0.15, -0.1) is 0 Å². The van der Waals surface area contributed by atoms with Crippen LogP contribution >= 0.6 is 0 Å². The minimum Gasteiger partial charge on any atom is -0.497 e. The topological polar surface area (TPSA) is 44.8 Å². The SMILES string of the molecule is COc1ccc(CCC(=O)C2COCCO2)cc1. The normalized spacial score (nSPS) is 19.5. The molecule has 1 atom stereocenters. The van der Waals surface area contributed by atoms with E-state index in [4.69, 9.17) is 14.2 Å². The Morgan fingerprint density at radius 2 is 2.11 bits per heavy atom. The summed E-state index contributed by atoms with van der Waals surface area (Å²) < 4.78 is 15.7. The molecule has 0 aromatic heterocycles. The monoisotopic (exact) mass is 250 g/mol. The van der Waals surface area contributed by atoms with Crippen LogP contribution in [0, 0.1) is 0 Å². The molecule has 1 aliphatic rings. The van der Waals surface area contributed by atoms with Crippen LogP contribution in [0.1, 0.15) is 12.0 Å². The lowest BCUT2D eigenvalue weighted by molar-refractivity contribution is -0.145. The summed E-state index contributed by atoms with van der Waals surface area (Å²) in [5, 5.41) is 0. The lowest BCUT2D eigenvalue weighted by Gasteiger charge is -2.21. The summed E-state index contributed by atoms with van der Waals surface area (Å²) in [5.74, 6) is 0.944. The summed E-state index contributed by atoms with van der Waals surface area (Å²) in [6.45, 7) is 1.49. The van der Waals surface area contributed by atoms with Gasteiger partial charge in [0.1, 0.15) is 11.9 Å². The van der Waals surface area contributed by atoms with E-state index < -0.39 is 0 Å². The summed E-state index contributed by atoms with van der Waals surface area (Å²) in [4.78, 5) is 11.9. The molecule has 0 bridgehead atoms. The quantitative estimate of drug-likeness (QED) is 0.796. The molecule has 1 unspecified atom stereocenters. The Morgan fingerprint density at radius 1 is 1.33 bits per heavy atom. The van der Waals surface area contributed by atoms with Crippen molar-refractivity contribution in [2.45, 2.75) is 18.9 Å². The largest absolute Gasteiger partial charge is 0.497 e. The standard InChI is InChI=1S/C14H18O4/c1-16-12-5-2-11(3-6-12)4-7-13(15)14-10-17-8-9-18-14/h2-3,5-6,14H,4,7-10H2,1H3. The Hall–Kier alpha value is -1.39. The van der Waals surface area contributed by atoms with Gasteiger partial charge in [0.15, 0.2) is 5.78 Å². The first-order chi connectivity index (χ1) is 8.79. The Balaban J connectivity index is 1.80. The molecule has 0 aliphatic carbocycles. The second kappa shape index (κ2) is 6.52. The molecule has 0 saturated carbocycles. The molecule has 0 radical (unpaired) electrons. The van der Waals surface area contributed by atoms with E-state index in [0.717, 1.165) is 17.7 Å². The summed E-state index contributed by atoms with van der Waals surface area (Å²) in [5.41, 5.74) is 1.13. The molecule has 18 heavy (non-hydrogen) atoms. The number of methoxy groups -OCH3 is 1. The minimum absolute atomic E-state index is 0.116. The van der Waals surface area contributed by atoms with Gasteiger partial charge in [-0.1, -0.05) is 12.1 Å². The Kier molecular flexibility index (Phi) is 4.73. The maximum Gasteiger partial charge on any atom is 0.164 e. The predicted octanol–water partition coefficient (Wildman–Crippen LogP) is 1.61. The van der Waals surface area contributed by atoms with Gasteiger partial charge in [0.2, 0.25) is 0 Å². The first kappa shape index (κ1) is 13.1. The van der Waals surface area contributed by atoms with Crippen molar-refractivity contribution in [1.29, 1.82) is 0 Å². The van der Waals surface area contributed by atoms with Crippen LogP contribution < -0.4 is 4.74 Å². The van der Waals surface area contributed by atoms with Gasteiger partial charge in [-0.25, -0.2) is 0 Å². The Labute approximate surface area is 107 Å². The summed E-state index contributed by atoms with van der Waals surface area (Å²) in [6.07, 6.45) is 0.834. The van der Waals surface area contributed by atoms with Crippen LogP contribution in [0.4, 0.5) is 0 Å². The van der Waals surface area contributed by atoms with Gasteiger partial charge < -0.3 is 14.2 Å². The highest BCUT2D eigenvalue weighted by molar-refractivity contribution is 5.83. The lowest BCUT2D eigenvalue weighted by atomic mass is 10.0. The van der Waals surface area contributed by atoms with Crippen LogP contribution in [0.5, 0.6) is 5.75 Å². The number of rotatable bonds is 5. The van der Waals surface area contributed by atoms with Gasteiger partial charge in [0.25, 0.3) is 0 Å². The zero-order valence-corrected chi connectivity index (χ0v) is 10.6. The highest BCUT2D eigenvalue weighted by Crippen LogP contribution is 2.13. The van der Waals surface area contributed by atoms with Crippen molar-refractivity contribution in [1.82, 2.24) is 0 Å². The second-order valence-corrected chi connectivity index (χ2v) is 4.25. The van der Waals surface area contributed by atoms with E-state index in [0.29, 0.717) is 26.2 Å². The molecule has 1 saturated heterocycles. The molecule has 0 N–H and O–H groups in total. The number of carbonyl (C=O) groups excluding carboxylic acids is 1. The van der Waals surface area contributed by atoms with Gasteiger partial charge >= 0.3 is 0 Å². The van der Waals surface area contributed by atoms with Crippen LogP contribution in [0.25, 0.3) is 0 Å². The molecule has 98 valence electrons. The van der Waals surface area contributed by atoms with Crippen LogP contribution in [0.15, 0.2) is 24.3 Å². The molecule has 4 heteroatoms. The maximum atomic E-state index is 11.9. The molecule has 0 amide bonds. The third-order valence-corrected chi connectivity index (χ3v) is 2.99. The summed E-state index contributed by atoms with van der Waals surface area (Å²) >= 11 is 0. The van der Waals surface area contributed by atoms with Gasteiger partial charge in [0, 0.05) is 6.42 Å². The average Bonchev–Trinajstić information content (AvgIpc) is 2.46. The van der Waals surface area contributed by atoms with E-state index >= 15 is 0 Å². The zero-order valence-electron chi connectivity index (χ0n) is 10.6. The number of hydrogen-bond acceptors (Lipinski definition) is 4. The van der Waals surface area contributed by atoms with Gasteiger partial charge in [-0.2, -0.15) is 0 Å². The average molecular weight is 250 g/mol. The second-order valence-electron chi connectivity index (χ2n) is 4.25. The summed E-state index contributed by atoms with van der Waals surface area (Å²) in [6, 6.07) is 7.76. The van der Waals surface area contributed by atoms with Crippen molar-refractivity contribution < 1.29 is 19.0 Å². The van der Waals surface area contributed by atoms with Crippen molar-refractivity contribution in [2.75, 3.05) is 26.9 Å². The van der Waals surface area contributed by atoms with E-state index in [9.17, 15) is 4.79 Å². The molecule has 0 spiro atoms. The zero-order chi connectivity index (χ0) is 12.8. The third-order valence-electron chi connectivity index (χ3n) is 2.99. The van der Waals surface area contributed by atoms with E-state index in [2.05, 4.69) is 0 Å². The number of ether oxygens (including phenoxy) is 3. The van der Waals surface area contributed by atoms with Crippen molar-refractivity contribution in [3.05, 3.63) is 29.8 Å². The fourth-order valence-corrected chi connectivity index (χ4v) is 1.89. The summed E-state index contributed by atoms with van der Waals surface area (Å²) in [7, 11) is 1.64. The molecule has 2 rings (SSSR count).